The third-order valence-corrected chi connectivity index (χ3v) is 4.63. The lowest BCUT2D eigenvalue weighted by molar-refractivity contribution is -0.139. The molecule has 0 saturated carbocycles. The number of carbonyl (C=O) groups excluding carboxylic acids is 2. The maximum atomic E-state index is 12.2. The molecule has 0 aliphatic carbocycles. The number of rotatable bonds is 7. The third-order valence-electron chi connectivity index (χ3n) is 4.63. The van der Waals surface area contributed by atoms with Gasteiger partial charge in [-0.05, 0) is 24.1 Å². The molecule has 0 amide bonds. The number of aromatic nitrogens is 4. The molecule has 0 radical (unpaired) electrons. The van der Waals surface area contributed by atoms with Crippen LogP contribution in [0.5, 0.6) is 11.5 Å². The number of hydrogen-bond acceptors (Lipinski definition) is 9. The molecule has 158 valence electrons. The molecule has 3 aromatic rings. The van der Waals surface area contributed by atoms with Gasteiger partial charge in [0.25, 0.3) is 0 Å². The first-order valence-corrected chi connectivity index (χ1v) is 9.13. The molecule has 0 aliphatic heterocycles. The smallest absolute Gasteiger partial charge is 0.360 e. The van der Waals surface area contributed by atoms with Crippen molar-refractivity contribution in [1.29, 1.82) is 0 Å². The Hall–Kier alpha value is -3.69. The van der Waals surface area contributed by atoms with E-state index >= 15 is 0 Å². The first-order chi connectivity index (χ1) is 14.5. The van der Waals surface area contributed by atoms with Crippen molar-refractivity contribution in [2.45, 2.75) is 19.8 Å². The molecule has 10 nitrogen and oxygen atoms in total. The van der Waals surface area contributed by atoms with E-state index in [4.69, 9.17) is 18.9 Å². The zero-order valence-electron chi connectivity index (χ0n) is 17.4. The summed E-state index contributed by atoms with van der Waals surface area (Å²) in [5.41, 5.74) is 2.74. The Morgan fingerprint density at radius 2 is 1.73 bits per heavy atom. The van der Waals surface area contributed by atoms with E-state index in [1.807, 2.05) is 19.1 Å². The van der Waals surface area contributed by atoms with Gasteiger partial charge in [-0.2, -0.15) is 5.10 Å². The van der Waals surface area contributed by atoms with E-state index in [-0.39, 0.29) is 17.8 Å². The number of nitrogens with zero attached hydrogens (tertiary/aromatic N) is 4. The summed E-state index contributed by atoms with van der Waals surface area (Å²) in [6, 6.07) is 5.45. The summed E-state index contributed by atoms with van der Waals surface area (Å²) < 4.78 is 21.7. The minimum atomic E-state index is -0.718. The monoisotopic (exact) mass is 414 g/mol. The molecule has 0 N–H and O–H groups in total. The van der Waals surface area contributed by atoms with Gasteiger partial charge in [-0.1, -0.05) is 13.0 Å². The summed E-state index contributed by atoms with van der Waals surface area (Å²) >= 11 is 0. The number of benzene rings is 1. The second-order valence-electron chi connectivity index (χ2n) is 6.22. The molecule has 0 saturated heterocycles. The highest BCUT2D eigenvalue weighted by atomic mass is 16.5. The molecule has 0 unspecified atom stereocenters. The van der Waals surface area contributed by atoms with E-state index in [2.05, 4.69) is 15.3 Å². The molecular weight excluding hydrogens is 392 g/mol. The van der Waals surface area contributed by atoms with Crippen LogP contribution in [-0.2, 0) is 27.1 Å². The van der Waals surface area contributed by atoms with Crippen molar-refractivity contribution >= 4 is 17.6 Å². The maximum absolute atomic E-state index is 12.2. The van der Waals surface area contributed by atoms with Gasteiger partial charge in [0.15, 0.2) is 22.8 Å². The van der Waals surface area contributed by atoms with Crippen LogP contribution in [0.2, 0.25) is 0 Å². The Morgan fingerprint density at radius 3 is 2.33 bits per heavy atom. The molecule has 2 heterocycles. The first kappa shape index (κ1) is 21.0. The lowest BCUT2D eigenvalue weighted by Crippen LogP contribution is -2.19. The summed E-state index contributed by atoms with van der Waals surface area (Å²) in [7, 11) is 5.60. The first-order valence-electron chi connectivity index (χ1n) is 9.13. The number of methoxy groups -OCH3 is 4. The van der Waals surface area contributed by atoms with Crippen LogP contribution in [0.1, 0.15) is 28.8 Å². The average Bonchev–Trinajstić information content (AvgIpc) is 3.17. The number of hydrogen-bond donors (Lipinski definition) is 0. The normalized spacial score (nSPS) is 10.7. The van der Waals surface area contributed by atoms with Crippen LogP contribution in [0.15, 0.2) is 18.2 Å². The fourth-order valence-electron chi connectivity index (χ4n) is 3.15. The molecule has 10 heteroatoms. The van der Waals surface area contributed by atoms with E-state index in [0.29, 0.717) is 34.8 Å². The summed E-state index contributed by atoms with van der Waals surface area (Å²) in [6.07, 6.45) is 0.363. The molecule has 0 atom stereocenters. The van der Waals surface area contributed by atoms with Crippen molar-refractivity contribution < 1.29 is 28.5 Å². The number of esters is 2. The quantitative estimate of drug-likeness (QED) is 0.534. The van der Waals surface area contributed by atoms with Crippen molar-refractivity contribution in [3.8, 4) is 22.6 Å². The van der Waals surface area contributed by atoms with Gasteiger partial charge in [0.05, 0.1) is 51.8 Å². The van der Waals surface area contributed by atoms with E-state index < -0.39 is 11.9 Å². The molecular formula is C20H22N4O6. The van der Waals surface area contributed by atoms with E-state index in [9.17, 15) is 9.59 Å². The summed E-state index contributed by atoms with van der Waals surface area (Å²) in [5.74, 6) is -0.133. The van der Waals surface area contributed by atoms with Crippen LogP contribution in [0, 0.1) is 0 Å². The van der Waals surface area contributed by atoms with Gasteiger partial charge >= 0.3 is 11.9 Å². The van der Waals surface area contributed by atoms with Crippen molar-refractivity contribution in [3.05, 3.63) is 35.3 Å². The average molecular weight is 414 g/mol. The van der Waals surface area contributed by atoms with Gasteiger partial charge in [0.1, 0.15) is 0 Å². The van der Waals surface area contributed by atoms with Crippen LogP contribution in [-0.4, -0.2) is 60.2 Å². The van der Waals surface area contributed by atoms with E-state index in [0.717, 1.165) is 5.56 Å². The zero-order chi connectivity index (χ0) is 21.8. The highest BCUT2D eigenvalue weighted by molar-refractivity contribution is 5.91. The molecule has 2 aromatic heterocycles. The number of aryl methyl sites for hydroxylation is 1. The zero-order valence-corrected chi connectivity index (χ0v) is 17.4. The summed E-state index contributed by atoms with van der Waals surface area (Å²) in [5, 5.41) is 12.8. The number of carbonyl (C=O) groups is 2. The Balaban J connectivity index is 2.30. The molecule has 30 heavy (non-hydrogen) atoms. The minimum absolute atomic E-state index is 0.0978. The Bertz CT molecular complexity index is 1110. The molecule has 0 bridgehead atoms. The van der Waals surface area contributed by atoms with Gasteiger partial charge < -0.3 is 18.9 Å². The summed E-state index contributed by atoms with van der Waals surface area (Å²) in [6.45, 7) is 1.95. The van der Waals surface area contributed by atoms with Crippen molar-refractivity contribution in [2.24, 2.45) is 0 Å². The number of fused-ring (bicyclic) bond motifs is 1. The van der Waals surface area contributed by atoms with Crippen molar-refractivity contribution in [1.82, 2.24) is 19.8 Å². The fourth-order valence-corrected chi connectivity index (χ4v) is 3.15. The van der Waals surface area contributed by atoms with Crippen molar-refractivity contribution in [2.75, 3.05) is 28.4 Å². The second kappa shape index (κ2) is 8.76. The Morgan fingerprint density at radius 1 is 1.00 bits per heavy atom. The SMILES string of the molecule is CCc1nn2c(CC(=O)OC)c(C(=O)OC)nnc2c1-c1ccc(OC)c(OC)c1. The largest absolute Gasteiger partial charge is 0.493 e. The van der Waals surface area contributed by atoms with Gasteiger partial charge in [-0.25, -0.2) is 9.31 Å². The standard InChI is InChI=1S/C20H22N4O6/c1-6-12-17(11-7-8-14(27-2)15(9-11)28-3)19-22-21-18(20(26)30-5)13(24(19)23-12)10-16(25)29-4/h7-9H,6,10H2,1-5H3. The topological polar surface area (TPSA) is 114 Å². The molecule has 0 aliphatic rings. The molecule has 3 rings (SSSR count). The van der Waals surface area contributed by atoms with Gasteiger partial charge in [-0.15, -0.1) is 10.2 Å². The summed E-state index contributed by atoms with van der Waals surface area (Å²) in [4.78, 5) is 24.2. The van der Waals surface area contributed by atoms with Crippen LogP contribution in [0.3, 0.4) is 0 Å². The molecule has 1 aromatic carbocycles. The van der Waals surface area contributed by atoms with Crippen LogP contribution < -0.4 is 9.47 Å². The van der Waals surface area contributed by atoms with E-state index in [1.165, 1.54) is 18.7 Å². The highest BCUT2D eigenvalue weighted by Gasteiger charge is 2.25. The number of ether oxygens (including phenoxy) is 4. The highest BCUT2D eigenvalue weighted by Crippen LogP contribution is 2.35. The third kappa shape index (κ3) is 3.63. The molecule has 0 fully saturated rings. The maximum Gasteiger partial charge on any atom is 0.360 e. The Labute approximate surface area is 172 Å². The van der Waals surface area contributed by atoms with Crippen LogP contribution >= 0.6 is 0 Å². The minimum Gasteiger partial charge on any atom is -0.493 e. The van der Waals surface area contributed by atoms with Gasteiger partial charge in [0, 0.05) is 0 Å². The van der Waals surface area contributed by atoms with Crippen LogP contribution in [0.4, 0.5) is 0 Å². The predicted octanol–water partition coefficient (Wildman–Crippen LogP) is 1.87. The Kier molecular flexibility index (Phi) is 6.14. The van der Waals surface area contributed by atoms with Crippen molar-refractivity contribution in [3.63, 3.8) is 0 Å². The fraction of sp³-hybridized carbons (Fsp3) is 0.350. The van der Waals surface area contributed by atoms with Crippen LogP contribution in [0.25, 0.3) is 16.8 Å². The van der Waals surface area contributed by atoms with Gasteiger partial charge in [0.2, 0.25) is 0 Å². The predicted molar refractivity (Wildman–Crippen MR) is 106 cm³/mol. The second-order valence-corrected chi connectivity index (χ2v) is 6.22. The van der Waals surface area contributed by atoms with Gasteiger partial charge in [-0.3, -0.25) is 4.79 Å². The van der Waals surface area contributed by atoms with E-state index in [1.54, 1.807) is 20.3 Å². The lowest BCUT2D eigenvalue weighted by atomic mass is 10.0. The lowest BCUT2D eigenvalue weighted by Gasteiger charge is -2.10. The molecule has 0 spiro atoms.